The van der Waals surface area contributed by atoms with Gasteiger partial charge in [-0.15, -0.1) is 11.3 Å². The zero-order chi connectivity index (χ0) is 20.3. The number of nitrogens with zero attached hydrogens (tertiary/aromatic N) is 1. The summed E-state index contributed by atoms with van der Waals surface area (Å²) in [6, 6.07) is 12.7. The maximum absolute atomic E-state index is 12.1. The van der Waals surface area contributed by atoms with Gasteiger partial charge in [0.15, 0.2) is 12.4 Å². The molecule has 1 amide bonds. The standard InChI is InChI=1S/C21H19ClN2O3S/c1-12-4-9-18(17(22)10-12)24-19(26)11-27-16-7-5-15(6-8-16)21-23-13(2)20(28-21)14(3)25/h4-10H,11H2,1-3H3,(H,24,26). The third kappa shape index (κ3) is 4.77. The molecule has 1 aromatic heterocycles. The second kappa shape index (κ2) is 8.54. The Hall–Kier alpha value is -2.70. The lowest BCUT2D eigenvalue weighted by Gasteiger charge is -2.09. The number of nitrogens with one attached hydrogen (secondary N) is 1. The van der Waals surface area contributed by atoms with Gasteiger partial charge in [0.25, 0.3) is 5.91 Å². The van der Waals surface area contributed by atoms with E-state index in [1.54, 1.807) is 24.3 Å². The molecule has 144 valence electrons. The number of hydrogen-bond donors (Lipinski definition) is 1. The number of aromatic nitrogens is 1. The Morgan fingerprint density at radius 2 is 1.86 bits per heavy atom. The molecule has 0 saturated carbocycles. The highest BCUT2D eigenvalue weighted by atomic mass is 35.5. The molecule has 1 N–H and O–H groups in total. The summed E-state index contributed by atoms with van der Waals surface area (Å²) in [6.45, 7) is 5.16. The second-order valence-electron chi connectivity index (χ2n) is 6.33. The van der Waals surface area contributed by atoms with Gasteiger partial charge < -0.3 is 10.1 Å². The molecule has 3 rings (SSSR count). The summed E-state index contributed by atoms with van der Waals surface area (Å²) in [6.07, 6.45) is 0. The normalized spacial score (nSPS) is 10.6. The molecule has 0 fully saturated rings. The molecule has 5 nitrogen and oxygen atoms in total. The Morgan fingerprint density at radius 1 is 1.14 bits per heavy atom. The van der Waals surface area contributed by atoms with Crippen molar-refractivity contribution >= 4 is 40.3 Å². The van der Waals surface area contributed by atoms with Crippen LogP contribution in [0.25, 0.3) is 10.6 Å². The number of carbonyl (C=O) groups excluding carboxylic acids is 2. The summed E-state index contributed by atoms with van der Waals surface area (Å²) in [5.41, 5.74) is 3.20. The van der Waals surface area contributed by atoms with Crippen molar-refractivity contribution in [1.82, 2.24) is 4.98 Å². The number of ether oxygens (including phenoxy) is 1. The smallest absolute Gasteiger partial charge is 0.262 e. The number of carbonyl (C=O) groups is 2. The molecule has 3 aromatic rings. The Balaban J connectivity index is 1.60. The van der Waals surface area contributed by atoms with Crippen molar-refractivity contribution in [3.05, 3.63) is 63.6 Å². The highest BCUT2D eigenvalue weighted by Gasteiger charge is 2.13. The summed E-state index contributed by atoms with van der Waals surface area (Å²) in [5.74, 6) is 0.284. The maximum Gasteiger partial charge on any atom is 0.262 e. The van der Waals surface area contributed by atoms with Crippen LogP contribution in [0.2, 0.25) is 5.02 Å². The van der Waals surface area contributed by atoms with E-state index in [1.807, 2.05) is 32.0 Å². The molecular weight excluding hydrogens is 396 g/mol. The maximum atomic E-state index is 12.1. The van der Waals surface area contributed by atoms with Crippen LogP contribution in [0.1, 0.15) is 27.9 Å². The van der Waals surface area contributed by atoms with E-state index in [0.717, 1.165) is 21.8 Å². The van der Waals surface area contributed by atoms with Crippen molar-refractivity contribution in [2.24, 2.45) is 0 Å². The highest BCUT2D eigenvalue weighted by Crippen LogP contribution is 2.29. The van der Waals surface area contributed by atoms with Gasteiger partial charge in [-0.05, 0) is 55.8 Å². The van der Waals surface area contributed by atoms with Gasteiger partial charge in [0.2, 0.25) is 0 Å². The lowest BCUT2D eigenvalue weighted by Crippen LogP contribution is -2.20. The number of thiazole rings is 1. The Kier molecular flexibility index (Phi) is 6.11. The van der Waals surface area contributed by atoms with E-state index in [4.69, 9.17) is 16.3 Å². The van der Waals surface area contributed by atoms with Gasteiger partial charge in [-0.2, -0.15) is 0 Å². The first kappa shape index (κ1) is 20.0. The average molecular weight is 415 g/mol. The van der Waals surface area contributed by atoms with Crippen molar-refractivity contribution in [1.29, 1.82) is 0 Å². The van der Waals surface area contributed by atoms with Crippen LogP contribution >= 0.6 is 22.9 Å². The lowest BCUT2D eigenvalue weighted by molar-refractivity contribution is -0.118. The molecule has 1 heterocycles. The fourth-order valence-corrected chi connectivity index (χ4v) is 3.85. The number of amides is 1. The van der Waals surface area contributed by atoms with Crippen LogP contribution < -0.4 is 10.1 Å². The number of anilines is 1. The molecule has 0 atom stereocenters. The van der Waals surface area contributed by atoms with Crippen molar-refractivity contribution in [3.8, 4) is 16.3 Å². The van der Waals surface area contributed by atoms with Crippen molar-refractivity contribution in [3.63, 3.8) is 0 Å². The van der Waals surface area contributed by atoms with E-state index in [9.17, 15) is 9.59 Å². The fourth-order valence-electron chi connectivity index (χ4n) is 2.60. The molecule has 0 bridgehead atoms. The van der Waals surface area contributed by atoms with Gasteiger partial charge in [0.1, 0.15) is 10.8 Å². The molecule has 0 aliphatic rings. The van der Waals surface area contributed by atoms with E-state index in [2.05, 4.69) is 10.3 Å². The molecule has 28 heavy (non-hydrogen) atoms. The molecule has 7 heteroatoms. The average Bonchev–Trinajstić information content (AvgIpc) is 3.05. The number of aryl methyl sites for hydroxylation is 2. The van der Waals surface area contributed by atoms with E-state index in [0.29, 0.717) is 21.3 Å². The zero-order valence-electron chi connectivity index (χ0n) is 15.7. The monoisotopic (exact) mass is 414 g/mol. The lowest BCUT2D eigenvalue weighted by atomic mass is 10.2. The number of hydrogen-bond acceptors (Lipinski definition) is 5. The molecule has 0 spiro atoms. The summed E-state index contributed by atoms with van der Waals surface area (Å²) < 4.78 is 5.54. The van der Waals surface area contributed by atoms with E-state index < -0.39 is 0 Å². The van der Waals surface area contributed by atoms with Crippen LogP contribution in [-0.4, -0.2) is 23.3 Å². The zero-order valence-corrected chi connectivity index (χ0v) is 17.3. The van der Waals surface area contributed by atoms with Crippen LogP contribution in [0.4, 0.5) is 5.69 Å². The van der Waals surface area contributed by atoms with Gasteiger partial charge in [-0.1, -0.05) is 17.7 Å². The first-order valence-corrected chi connectivity index (χ1v) is 9.80. The molecule has 2 aromatic carbocycles. The number of halogens is 1. The minimum atomic E-state index is -0.295. The minimum absolute atomic E-state index is 0.0147. The van der Waals surface area contributed by atoms with Crippen molar-refractivity contribution in [2.75, 3.05) is 11.9 Å². The van der Waals surface area contributed by atoms with Crippen LogP contribution in [0.5, 0.6) is 5.75 Å². The third-order valence-corrected chi connectivity index (χ3v) is 5.61. The highest BCUT2D eigenvalue weighted by molar-refractivity contribution is 7.17. The number of benzene rings is 2. The summed E-state index contributed by atoms with van der Waals surface area (Å²) >= 11 is 7.49. The van der Waals surface area contributed by atoms with Crippen LogP contribution in [-0.2, 0) is 4.79 Å². The molecule has 0 saturated heterocycles. The quantitative estimate of drug-likeness (QED) is 0.555. The summed E-state index contributed by atoms with van der Waals surface area (Å²) in [5, 5.41) is 3.99. The Labute approximate surface area is 172 Å². The summed E-state index contributed by atoms with van der Waals surface area (Å²) in [7, 11) is 0. The van der Waals surface area contributed by atoms with E-state index >= 15 is 0 Å². The van der Waals surface area contributed by atoms with Crippen molar-refractivity contribution < 1.29 is 14.3 Å². The Bertz CT molecular complexity index is 1030. The first-order chi connectivity index (χ1) is 13.3. The Morgan fingerprint density at radius 3 is 2.46 bits per heavy atom. The predicted molar refractivity (Wildman–Crippen MR) is 113 cm³/mol. The summed E-state index contributed by atoms with van der Waals surface area (Å²) in [4.78, 5) is 28.8. The van der Waals surface area contributed by atoms with Gasteiger partial charge >= 0.3 is 0 Å². The number of Topliss-reactive ketones (excluding diaryl/α,β-unsaturated/α-hetero) is 1. The van der Waals surface area contributed by atoms with Gasteiger partial charge in [-0.25, -0.2) is 4.98 Å². The van der Waals surface area contributed by atoms with Gasteiger partial charge in [0.05, 0.1) is 21.3 Å². The number of ketones is 1. The first-order valence-electron chi connectivity index (χ1n) is 8.61. The topological polar surface area (TPSA) is 68.3 Å². The van der Waals surface area contributed by atoms with Gasteiger partial charge in [-0.3, -0.25) is 9.59 Å². The molecule has 0 unspecified atom stereocenters. The van der Waals surface area contributed by atoms with Gasteiger partial charge in [0, 0.05) is 12.5 Å². The predicted octanol–water partition coefficient (Wildman–Crippen LogP) is 5.30. The second-order valence-corrected chi connectivity index (χ2v) is 7.74. The van der Waals surface area contributed by atoms with Crippen LogP contribution in [0, 0.1) is 13.8 Å². The molecule has 0 aliphatic heterocycles. The fraction of sp³-hybridized carbons (Fsp3) is 0.190. The number of rotatable bonds is 6. The van der Waals surface area contributed by atoms with E-state index in [1.165, 1.54) is 18.3 Å². The largest absolute Gasteiger partial charge is 0.484 e. The molecule has 0 aliphatic carbocycles. The SMILES string of the molecule is CC(=O)c1sc(-c2ccc(OCC(=O)Nc3ccc(C)cc3Cl)cc2)nc1C. The van der Waals surface area contributed by atoms with E-state index in [-0.39, 0.29) is 18.3 Å². The van der Waals surface area contributed by atoms with Crippen LogP contribution in [0.15, 0.2) is 42.5 Å². The minimum Gasteiger partial charge on any atom is -0.484 e. The molecular formula is C21H19ClN2O3S. The molecule has 0 radical (unpaired) electrons. The van der Waals surface area contributed by atoms with Crippen LogP contribution in [0.3, 0.4) is 0 Å². The third-order valence-electron chi connectivity index (χ3n) is 3.99. The van der Waals surface area contributed by atoms with Crippen molar-refractivity contribution in [2.45, 2.75) is 20.8 Å².